The van der Waals surface area contributed by atoms with E-state index in [2.05, 4.69) is 45.6 Å². The van der Waals surface area contributed by atoms with Gasteiger partial charge in [0.25, 0.3) is 0 Å². The number of carboxylic acids is 1. The summed E-state index contributed by atoms with van der Waals surface area (Å²) in [6.07, 6.45) is 19.1. The summed E-state index contributed by atoms with van der Waals surface area (Å²) in [6.45, 7) is 4.47. The summed E-state index contributed by atoms with van der Waals surface area (Å²) in [5, 5.41) is 9.48. The van der Waals surface area contributed by atoms with E-state index < -0.39 is 5.97 Å². The molecule has 0 radical (unpaired) electrons. The Hall–Kier alpha value is -1.92. The van der Waals surface area contributed by atoms with Crippen molar-refractivity contribution in [3.8, 4) is 0 Å². The Bertz CT molecular complexity index is 1270. The molecule has 1 spiro atoms. The molecular formula is C34H48N4O2. The molecule has 1 aromatic heterocycles. The summed E-state index contributed by atoms with van der Waals surface area (Å²) in [4.78, 5) is 22.2. The number of carbonyl (C=O) groups is 1. The van der Waals surface area contributed by atoms with E-state index in [1.165, 1.54) is 88.4 Å². The van der Waals surface area contributed by atoms with Gasteiger partial charge < -0.3 is 9.67 Å². The Balaban J connectivity index is 1.14. The second kappa shape index (κ2) is 9.55. The minimum Gasteiger partial charge on any atom is -0.480 e. The smallest absolute Gasteiger partial charge is 0.317 e. The molecule has 6 nitrogen and oxygen atoms in total. The van der Waals surface area contributed by atoms with Crippen LogP contribution < -0.4 is 0 Å². The van der Waals surface area contributed by atoms with Crippen LogP contribution >= 0.6 is 0 Å². The van der Waals surface area contributed by atoms with E-state index in [1.54, 1.807) is 0 Å². The van der Waals surface area contributed by atoms with Crippen molar-refractivity contribution in [2.45, 2.75) is 126 Å². The summed E-state index contributed by atoms with van der Waals surface area (Å²) in [5.74, 6) is 3.63. The standard InChI is InChI=1S/C34H48N4O2/c1-33-13-12-26-18-34(26,38(33)27-16-23-7-2-3-8-24(15-23)17-27)20-28(19-33)37-30-11-5-4-10-29(30)35-32(37)25-9-6-14-36(21-25)22-31(39)40/h4-5,10-11,23-28H,2-3,6-9,12-22H2,1H3,(H,39,40)/t23-,24+,25-,26?,27?,28-,33?,34?/m0/s1. The molecule has 8 rings (SSSR count). The molecule has 1 aromatic carbocycles. The van der Waals surface area contributed by atoms with E-state index in [1.807, 2.05) is 0 Å². The van der Waals surface area contributed by atoms with Crippen molar-refractivity contribution in [1.82, 2.24) is 19.4 Å². The quantitative estimate of drug-likeness (QED) is 0.459. The second-order valence-corrected chi connectivity index (χ2v) is 15.1. The summed E-state index contributed by atoms with van der Waals surface area (Å²) in [5.41, 5.74) is 3.08. The molecule has 4 unspecified atom stereocenters. The zero-order chi connectivity index (χ0) is 27.1. The first kappa shape index (κ1) is 25.8. The number of nitrogens with zero attached hydrogens (tertiary/aromatic N) is 4. The lowest BCUT2D eigenvalue weighted by Crippen LogP contribution is -2.66. The lowest BCUT2D eigenvalue weighted by Gasteiger charge is -2.61. The van der Waals surface area contributed by atoms with Crippen LogP contribution in [0, 0.1) is 17.8 Å². The molecule has 2 aromatic rings. The molecule has 3 saturated carbocycles. The van der Waals surface area contributed by atoms with Crippen LogP contribution in [0.25, 0.3) is 11.0 Å². The average molecular weight is 545 g/mol. The predicted molar refractivity (Wildman–Crippen MR) is 157 cm³/mol. The van der Waals surface area contributed by atoms with E-state index in [0.717, 1.165) is 55.2 Å². The number of piperidine rings is 3. The monoisotopic (exact) mass is 544 g/mol. The Morgan fingerprint density at radius 3 is 2.58 bits per heavy atom. The number of aliphatic carboxylic acids is 1. The number of hydrogen-bond donors (Lipinski definition) is 1. The first-order chi connectivity index (χ1) is 19.4. The van der Waals surface area contributed by atoms with Gasteiger partial charge in [0.2, 0.25) is 0 Å². The SMILES string of the molecule is CC12CCC3CC3(C[C@@H](n3c([C@H]4CCCN(CC(=O)O)C4)nc4ccccc43)C1)N2C1C[C@H]2CCCC[C@@H](C1)C2. The number of carboxylic acid groups (broad SMARTS) is 1. The van der Waals surface area contributed by atoms with Crippen LogP contribution in [0.15, 0.2) is 24.3 Å². The fraction of sp³-hybridized carbons (Fsp3) is 0.765. The normalized spacial score (nSPS) is 41.8. The third-order valence-electron chi connectivity index (χ3n) is 12.5. The molecule has 4 bridgehead atoms. The maximum Gasteiger partial charge on any atom is 0.317 e. The van der Waals surface area contributed by atoms with E-state index in [0.29, 0.717) is 17.5 Å². The first-order valence-electron chi connectivity index (χ1n) is 16.6. The first-order valence-corrected chi connectivity index (χ1v) is 16.6. The van der Waals surface area contributed by atoms with Gasteiger partial charge in [-0.25, -0.2) is 4.98 Å². The number of hydrogen-bond acceptors (Lipinski definition) is 4. The van der Waals surface area contributed by atoms with Gasteiger partial charge in [-0.3, -0.25) is 14.6 Å². The largest absolute Gasteiger partial charge is 0.480 e. The molecule has 3 aliphatic heterocycles. The van der Waals surface area contributed by atoms with Gasteiger partial charge in [-0.05, 0) is 108 Å². The average Bonchev–Trinajstić information content (AvgIpc) is 3.51. The fourth-order valence-electron chi connectivity index (χ4n) is 11.1. The maximum absolute atomic E-state index is 11.5. The van der Waals surface area contributed by atoms with Gasteiger partial charge in [0.05, 0.1) is 17.6 Å². The van der Waals surface area contributed by atoms with E-state index in [4.69, 9.17) is 4.98 Å². The summed E-state index contributed by atoms with van der Waals surface area (Å²) in [6, 6.07) is 10.1. The molecule has 6 aliphatic rings. The molecule has 0 amide bonds. The fourth-order valence-corrected chi connectivity index (χ4v) is 11.1. The Labute approximate surface area is 239 Å². The number of fused-ring (bicyclic) bond motifs is 4. The van der Waals surface area contributed by atoms with Gasteiger partial charge in [-0.1, -0.05) is 37.8 Å². The lowest BCUT2D eigenvalue weighted by atomic mass is 9.68. The van der Waals surface area contributed by atoms with Gasteiger partial charge >= 0.3 is 5.97 Å². The molecule has 6 fully saturated rings. The molecular weight excluding hydrogens is 496 g/mol. The van der Waals surface area contributed by atoms with E-state index in [-0.39, 0.29) is 12.1 Å². The number of rotatable bonds is 5. The van der Waals surface area contributed by atoms with E-state index in [9.17, 15) is 9.90 Å². The highest BCUT2D eigenvalue weighted by molar-refractivity contribution is 5.76. The third-order valence-corrected chi connectivity index (χ3v) is 12.5. The van der Waals surface area contributed by atoms with Crippen molar-refractivity contribution in [2.24, 2.45) is 17.8 Å². The Kier molecular flexibility index (Phi) is 6.15. The highest BCUT2D eigenvalue weighted by atomic mass is 16.4. The van der Waals surface area contributed by atoms with Crippen LogP contribution in [0.2, 0.25) is 0 Å². The van der Waals surface area contributed by atoms with Gasteiger partial charge in [0, 0.05) is 35.6 Å². The molecule has 1 N–H and O–H groups in total. The van der Waals surface area contributed by atoms with Crippen LogP contribution in [0.4, 0.5) is 0 Å². The van der Waals surface area contributed by atoms with Gasteiger partial charge in [0.15, 0.2) is 0 Å². The predicted octanol–water partition coefficient (Wildman–Crippen LogP) is 6.61. The van der Waals surface area contributed by atoms with Gasteiger partial charge in [-0.2, -0.15) is 0 Å². The molecule has 4 heterocycles. The van der Waals surface area contributed by atoms with Crippen LogP contribution in [-0.4, -0.2) is 67.2 Å². The lowest BCUT2D eigenvalue weighted by molar-refractivity contribution is -0.138. The van der Waals surface area contributed by atoms with Crippen LogP contribution in [-0.2, 0) is 4.79 Å². The zero-order valence-electron chi connectivity index (χ0n) is 24.4. The Morgan fingerprint density at radius 2 is 1.77 bits per heavy atom. The highest BCUT2D eigenvalue weighted by Crippen LogP contribution is 2.68. The second-order valence-electron chi connectivity index (χ2n) is 15.1. The summed E-state index contributed by atoms with van der Waals surface area (Å²) >= 11 is 0. The molecule has 6 heteroatoms. The number of benzene rings is 1. The maximum atomic E-state index is 11.5. The molecule has 216 valence electrons. The number of para-hydroxylation sites is 2. The van der Waals surface area contributed by atoms with Crippen molar-refractivity contribution < 1.29 is 9.90 Å². The number of imidazole rings is 1. The minimum atomic E-state index is -0.719. The molecule has 3 aliphatic carbocycles. The van der Waals surface area contributed by atoms with Crippen molar-refractivity contribution in [2.75, 3.05) is 19.6 Å². The summed E-state index contributed by atoms with van der Waals surface area (Å²) < 4.78 is 2.68. The molecule has 40 heavy (non-hydrogen) atoms. The number of aromatic nitrogens is 2. The van der Waals surface area contributed by atoms with Crippen molar-refractivity contribution >= 4 is 17.0 Å². The van der Waals surface area contributed by atoms with Crippen molar-refractivity contribution in [3.63, 3.8) is 0 Å². The van der Waals surface area contributed by atoms with Crippen molar-refractivity contribution in [1.29, 1.82) is 0 Å². The van der Waals surface area contributed by atoms with E-state index >= 15 is 0 Å². The highest BCUT2D eigenvalue weighted by Gasteiger charge is 2.69. The summed E-state index contributed by atoms with van der Waals surface area (Å²) in [7, 11) is 0. The topological polar surface area (TPSA) is 61.6 Å². The minimum absolute atomic E-state index is 0.140. The van der Waals surface area contributed by atoms with Gasteiger partial charge in [-0.15, -0.1) is 0 Å². The number of likely N-dealkylation sites (tertiary alicyclic amines) is 1. The molecule has 3 saturated heterocycles. The van der Waals surface area contributed by atoms with Crippen LogP contribution in [0.1, 0.15) is 115 Å². The van der Waals surface area contributed by atoms with Crippen LogP contribution in [0.3, 0.4) is 0 Å². The van der Waals surface area contributed by atoms with Crippen molar-refractivity contribution in [3.05, 3.63) is 30.1 Å². The zero-order valence-corrected chi connectivity index (χ0v) is 24.4. The van der Waals surface area contributed by atoms with Gasteiger partial charge in [0.1, 0.15) is 5.82 Å². The third kappa shape index (κ3) is 4.18. The Morgan fingerprint density at radius 1 is 0.975 bits per heavy atom. The van der Waals surface area contributed by atoms with Crippen LogP contribution in [0.5, 0.6) is 0 Å². The molecule has 8 atom stereocenters.